The molecule has 1 saturated heterocycles. The lowest BCUT2D eigenvalue weighted by Crippen LogP contribution is -2.43. The second-order valence-electron chi connectivity index (χ2n) is 7.94. The topological polar surface area (TPSA) is 115 Å². The monoisotopic (exact) mass is 426 g/mol. The second-order valence-corrected chi connectivity index (χ2v) is 7.94. The Morgan fingerprint density at radius 1 is 1.29 bits per heavy atom. The average molecular weight is 426 g/mol. The Kier molecular flexibility index (Phi) is 5.14. The highest BCUT2D eigenvalue weighted by Gasteiger charge is 2.34. The summed E-state index contributed by atoms with van der Waals surface area (Å²) >= 11 is 0. The summed E-state index contributed by atoms with van der Waals surface area (Å²) in [5, 5.41) is 15.7. The van der Waals surface area contributed by atoms with Crippen LogP contribution in [-0.2, 0) is 9.59 Å². The number of amides is 3. The maximum Gasteiger partial charge on any atom is 0.256 e. The van der Waals surface area contributed by atoms with E-state index in [-0.39, 0.29) is 30.8 Å². The maximum atomic E-state index is 13.7. The number of nitrogens with zero attached hydrogens (tertiary/aromatic N) is 1. The lowest BCUT2D eigenvalue weighted by Gasteiger charge is -2.16. The van der Waals surface area contributed by atoms with Crippen molar-refractivity contribution in [3.8, 4) is 0 Å². The van der Waals surface area contributed by atoms with Crippen molar-refractivity contribution in [1.29, 1.82) is 0 Å². The first kappa shape index (κ1) is 20.8. The number of carbonyl (C=O) groups excluding carboxylic acids is 3. The SMILES string of the molecule is CC(=O)N1CC(O)C(NC(=O)c2c(C)[nH]c(/C=C3\C(=O)Nc4ccc(F)cc43)c2C)C1. The minimum absolute atomic E-state index is 0.162. The van der Waals surface area contributed by atoms with E-state index in [1.165, 1.54) is 30.0 Å². The Labute approximate surface area is 178 Å². The van der Waals surface area contributed by atoms with Crippen LogP contribution in [0, 0.1) is 19.7 Å². The number of aliphatic hydroxyl groups excluding tert-OH is 1. The molecule has 0 aliphatic carbocycles. The van der Waals surface area contributed by atoms with Gasteiger partial charge < -0.3 is 25.6 Å². The summed E-state index contributed by atoms with van der Waals surface area (Å²) in [6.45, 7) is 5.31. The van der Waals surface area contributed by atoms with Gasteiger partial charge in [-0.05, 0) is 43.7 Å². The van der Waals surface area contributed by atoms with Crippen molar-refractivity contribution in [2.45, 2.75) is 32.9 Å². The number of nitrogens with one attached hydrogen (secondary N) is 3. The van der Waals surface area contributed by atoms with Crippen molar-refractivity contribution < 1.29 is 23.9 Å². The molecule has 3 amide bonds. The molecule has 0 spiro atoms. The van der Waals surface area contributed by atoms with Crippen molar-refractivity contribution in [1.82, 2.24) is 15.2 Å². The lowest BCUT2D eigenvalue weighted by molar-refractivity contribution is -0.128. The number of carbonyl (C=O) groups is 3. The predicted octanol–water partition coefficient (Wildman–Crippen LogP) is 1.58. The van der Waals surface area contributed by atoms with Crippen LogP contribution in [0.1, 0.15) is 39.8 Å². The van der Waals surface area contributed by atoms with Gasteiger partial charge in [0.25, 0.3) is 11.8 Å². The average Bonchev–Trinajstić information content (AvgIpc) is 3.30. The van der Waals surface area contributed by atoms with Gasteiger partial charge in [0, 0.05) is 42.7 Å². The highest BCUT2D eigenvalue weighted by atomic mass is 19.1. The molecular formula is C22H23FN4O4. The molecule has 2 aliphatic heterocycles. The molecule has 31 heavy (non-hydrogen) atoms. The molecule has 1 aromatic carbocycles. The van der Waals surface area contributed by atoms with Crippen molar-refractivity contribution in [3.63, 3.8) is 0 Å². The van der Waals surface area contributed by atoms with E-state index in [1.807, 2.05) is 0 Å². The van der Waals surface area contributed by atoms with Gasteiger partial charge in [0.15, 0.2) is 0 Å². The van der Waals surface area contributed by atoms with Crippen LogP contribution in [0.25, 0.3) is 11.6 Å². The zero-order valence-corrected chi connectivity index (χ0v) is 17.4. The molecule has 9 heteroatoms. The van der Waals surface area contributed by atoms with Crippen molar-refractivity contribution in [2.24, 2.45) is 0 Å². The largest absolute Gasteiger partial charge is 0.389 e. The molecule has 2 aromatic rings. The number of halogens is 1. The van der Waals surface area contributed by atoms with Gasteiger partial charge in [0.1, 0.15) is 5.82 Å². The van der Waals surface area contributed by atoms with Gasteiger partial charge >= 0.3 is 0 Å². The molecule has 2 aliphatic rings. The third-order valence-corrected chi connectivity index (χ3v) is 5.81. The van der Waals surface area contributed by atoms with Gasteiger partial charge in [-0.3, -0.25) is 14.4 Å². The molecular weight excluding hydrogens is 403 g/mol. The smallest absolute Gasteiger partial charge is 0.256 e. The van der Waals surface area contributed by atoms with Crippen LogP contribution in [-0.4, -0.2) is 57.9 Å². The second kappa shape index (κ2) is 7.66. The number of likely N-dealkylation sites (tertiary alicyclic amines) is 1. The molecule has 2 unspecified atom stereocenters. The number of benzene rings is 1. The summed E-state index contributed by atoms with van der Waals surface area (Å²) in [6, 6.07) is 3.51. The Morgan fingerprint density at radius 2 is 2.03 bits per heavy atom. The third kappa shape index (κ3) is 3.72. The van der Waals surface area contributed by atoms with Crippen LogP contribution >= 0.6 is 0 Å². The minimum atomic E-state index is -0.845. The van der Waals surface area contributed by atoms with Gasteiger partial charge in [-0.25, -0.2) is 4.39 Å². The number of hydrogen-bond acceptors (Lipinski definition) is 4. The zero-order chi connectivity index (χ0) is 22.4. The quantitative estimate of drug-likeness (QED) is 0.558. The van der Waals surface area contributed by atoms with Gasteiger partial charge in [-0.1, -0.05) is 0 Å². The van der Waals surface area contributed by atoms with Crippen molar-refractivity contribution in [3.05, 3.63) is 52.1 Å². The highest BCUT2D eigenvalue weighted by Crippen LogP contribution is 2.34. The van der Waals surface area contributed by atoms with E-state index in [2.05, 4.69) is 15.6 Å². The number of hydrogen-bond donors (Lipinski definition) is 4. The standard InChI is InChI=1S/C22H23FN4O4/c1-10-17(7-15-14-6-13(23)4-5-16(14)25-21(15)30)24-11(2)20(10)22(31)26-18-8-27(12(3)28)9-19(18)29/h4-7,18-19,24,29H,8-9H2,1-3H3,(H,25,30)(H,26,31)/b15-7-. The number of fused-ring (bicyclic) bond motifs is 1. The zero-order valence-electron chi connectivity index (χ0n) is 17.4. The van der Waals surface area contributed by atoms with E-state index in [4.69, 9.17) is 0 Å². The van der Waals surface area contributed by atoms with Gasteiger partial charge in [-0.15, -0.1) is 0 Å². The molecule has 0 bridgehead atoms. The van der Waals surface area contributed by atoms with Gasteiger partial charge in [-0.2, -0.15) is 0 Å². The molecule has 4 N–H and O–H groups in total. The predicted molar refractivity (Wildman–Crippen MR) is 113 cm³/mol. The van der Waals surface area contributed by atoms with Crippen LogP contribution < -0.4 is 10.6 Å². The van der Waals surface area contributed by atoms with E-state index in [0.29, 0.717) is 39.3 Å². The summed E-state index contributed by atoms with van der Waals surface area (Å²) in [5.41, 5.74) is 3.46. The molecule has 162 valence electrons. The number of aryl methyl sites for hydroxylation is 1. The minimum Gasteiger partial charge on any atom is -0.389 e. The fourth-order valence-electron chi connectivity index (χ4n) is 4.13. The number of anilines is 1. The molecule has 2 atom stereocenters. The Balaban J connectivity index is 1.61. The van der Waals surface area contributed by atoms with E-state index < -0.39 is 18.0 Å². The number of aromatic amines is 1. The summed E-state index contributed by atoms with van der Waals surface area (Å²) < 4.78 is 13.7. The van der Waals surface area contributed by atoms with E-state index in [9.17, 15) is 23.9 Å². The molecule has 0 saturated carbocycles. The van der Waals surface area contributed by atoms with Gasteiger partial charge in [0.05, 0.1) is 23.3 Å². The first-order valence-electron chi connectivity index (χ1n) is 9.92. The first-order valence-corrected chi connectivity index (χ1v) is 9.92. The van der Waals surface area contributed by atoms with Crippen LogP contribution in [0.5, 0.6) is 0 Å². The molecule has 1 fully saturated rings. The summed E-state index contributed by atoms with van der Waals surface area (Å²) in [7, 11) is 0. The maximum absolute atomic E-state index is 13.7. The summed E-state index contributed by atoms with van der Waals surface area (Å²) in [6.07, 6.45) is 0.754. The van der Waals surface area contributed by atoms with Crippen LogP contribution in [0.4, 0.5) is 10.1 Å². The van der Waals surface area contributed by atoms with E-state index >= 15 is 0 Å². The van der Waals surface area contributed by atoms with Crippen molar-refractivity contribution in [2.75, 3.05) is 18.4 Å². The molecule has 1 aromatic heterocycles. The molecule has 0 radical (unpaired) electrons. The Morgan fingerprint density at radius 3 is 2.71 bits per heavy atom. The van der Waals surface area contributed by atoms with Gasteiger partial charge in [0.2, 0.25) is 5.91 Å². The lowest BCUT2D eigenvalue weighted by atomic mass is 10.0. The summed E-state index contributed by atoms with van der Waals surface area (Å²) in [5.74, 6) is -1.34. The van der Waals surface area contributed by atoms with E-state index in [1.54, 1.807) is 19.9 Å². The van der Waals surface area contributed by atoms with Crippen LogP contribution in [0.3, 0.4) is 0 Å². The van der Waals surface area contributed by atoms with Crippen molar-refractivity contribution >= 4 is 35.1 Å². The summed E-state index contributed by atoms with van der Waals surface area (Å²) in [4.78, 5) is 41.4. The third-order valence-electron chi connectivity index (χ3n) is 5.81. The normalized spacial score (nSPS) is 21.4. The Hall–Kier alpha value is -3.46. The number of aliphatic hydroxyl groups is 1. The molecule has 8 nitrogen and oxygen atoms in total. The fourth-order valence-corrected chi connectivity index (χ4v) is 4.13. The first-order chi connectivity index (χ1) is 14.7. The van der Waals surface area contributed by atoms with Crippen LogP contribution in [0.15, 0.2) is 18.2 Å². The number of β-amino-alcohol motifs (C(OH)–C–C–N with tert-alkyl or cyclic N) is 1. The van der Waals surface area contributed by atoms with E-state index in [0.717, 1.165) is 0 Å². The number of rotatable bonds is 3. The number of aromatic nitrogens is 1. The molecule has 4 rings (SSSR count). The fraction of sp³-hybridized carbons (Fsp3) is 0.318. The van der Waals surface area contributed by atoms with Crippen LogP contribution in [0.2, 0.25) is 0 Å². The Bertz CT molecular complexity index is 1140. The highest BCUT2D eigenvalue weighted by molar-refractivity contribution is 6.34. The number of H-pyrrole nitrogens is 1. The molecule has 3 heterocycles.